The minimum Gasteiger partial charge on any atom is -0.468 e. The molecule has 0 radical (unpaired) electrons. The van der Waals surface area contributed by atoms with E-state index < -0.39 is 95.0 Å². The number of rotatable bonds is 25. The van der Waals surface area contributed by atoms with E-state index >= 15 is 0 Å². The van der Waals surface area contributed by atoms with Crippen molar-refractivity contribution in [1.82, 2.24) is 41.7 Å². The first-order valence-electron chi connectivity index (χ1n) is 25.5. The number of unbranched alkanes of at least 4 members (excludes halogenated alkanes) is 3. The molecule has 0 saturated carbocycles. The van der Waals surface area contributed by atoms with Crippen LogP contribution in [0.3, 0.4) is 0 Å². The second-order valence-corrected chi connectivity index (χ2v) is 20.6. The molecule has 2 aromatic rings. The first-order valence-corrected chi connectivity index (χ1v) is 25.5. The van der Waals surface area contributed by atoms with Gasteiger partial charge in [0.15, 0.2) is 0 Å². The van der Waals surface area contributed by atoms with Crippen LogP contribution in [0.2, 0.25) is 0 Å². The maximum Gasteiger partial charge on any atom is 0.407 e. The zero-order valence-electron chi connectivity index (χ0n) is 44.1. The van der Waals surface area contributed by atoms with E-state index in [0.29, 0.717) is 37.7 Å². The number of benzene rings is 2. The maximum atomic E-state index is 14.4. The van der Waals surface area contributed by atoms with Gasteiger partial charge in [-0.15, -0.1) is 0 Å². The lowest BCUT2D eigenvalue weighted by Gasteiger charge is -2.38. The SMILES string of the molecule is CCCCc1ccc(-c2ccc(C(=O)N[C@@H](CCCCNC(=O)OC(C)(C)C)C(=O)N3CCC[C@H]3C(=O)N[C@@H](C)C(=O)N[C@@H](CCCCNC(=O)OC(C)(C)C)C(=O)N[C@@H]3CN(CC(=O)OC)C3=O)cc2)cc1. The van der Waals surface area contributed by atoms with Gasteiger partial charge < -0.3 is 55.9 Å². The third kappa shape index (κ3) is 19.7. The van der Waals surface area contributed by atoms with Crippen molar-refractivity contribution in [1.29, 1.82) is 0 Å². The Bertz CT molecular complexity index is 2220. The number of carbonyl (C=O) groups is 9. The fourth-order valence-electron chi connectivity index (χ4n) is 8.20. The van der Waals surface area contributed by atoms with E-state index in [4.69, 9.17) is 9.47 Å². The van der Waals surface area contributed by atoms with Crippen molar-refractivity contribution < 1.29 is 57.4 Å². The molecular formula is C53H78N8O12. The summed E-state index contributed by atoms with van der Waals surface area (Å²) >= 11 is 0. The van der Waals surface area contributed by atoms with Crippen molar-refractivity contribution in [3.63, 3.8) is 0 Å². The number of likely N-dealkylation sites (tertiary alicyclic amines) is 2. The molecular weight excluding hydrogens is 941 g/mol. The number of esters is 1. The lowest BCUT2D eigenvalue weighted by atomic mass is 10.0. The molecule has 0 aliphatic carbocycles. The van der Waals surface area contributed by atoms with E-state index in [-0.39, 0.29) is 52.0 Å². The van der Waals surface area contributed by atoms with Crippen molar-refractivity contribution in [2.45, 2.75) is 167 Å². The number of hydrogen-bond acceptors (Lipinski definition) is 12. The molecule has 4 rings (SSSR count). The van der Waals surface area contributed by atoms with Crippen LogP contribution in [0, 0.1) is 0 Å². The minimum atomic E-state index is -1.18. The van der Waals surface area contributed by atoms with Gasteiger partial charge in [0.2, 0.25) is 29.5 Å². The predicted octanol–water partition coefficient (Wildman–Crippen LogP) is 4.67. The summed E-state index contributed by atoms with van der Waals surface area (Å²) in [5.41, 5.74) is 2.16. The molecule has 2 fully saturated rings. The second kappa shape index (κ2) is 27.9. The van der Waals surface area contributed by atoms with Gasteiger partial charge in [0.25, 0.3) is 5.91 Å². The third-order valence-electron chi connectivity index (χ3n) is 12.1. The zero-order valence-corrected chi connectivity index (χ0v) is 44.1. The van der Waals surface area contributed by atoms with Crippen LogP contribution in [0.5, 0.6) is 0 Å². The number of methoxy groups -OCH3 is 1. The van der Waals surface area contributed by atoms with Crippen molar-refractivity contribution in [3.8, 4) is 11.1 Å². The molecule has 2 aliphatic heterocycles. The Labute approximate surface area is 429 Å². The summed E-state index contributed by atoms with van der Waals surface area (Å²) in [5, 5.41) is 16.3. The van der Waals surface area contributed by atoms with Crippen LogP contribution in [0.15, 0.2) is 48.5 Å². The average molecular weight is 1020 g/mol. The Morgan fingerprint density at radius 1 is 0.712 bits per heavy atom. The summed E-state index contributed by atoms with van der Waals surface area (Å²) in [6, 6.07) is 10.2. The quantitative estimate of drug-likeness (QED) is 0.0344. The summed E-state index contributed by atoms with van der Waals surface area (Å²) in [4.78, 5) is 121. The van der Waals surface area contributed by atoms with Gasteiger partial charge in [0.05, 0.1) is 13.7 Å². The fourth-order valence-corrected chi connectivity index (χ4v) is 8.20. The number of alkyl carbamates (subject to hydrolysis) is 2. The summed E-state index contributed by atoms with van der Waals surface area (Å²) in [5.74, 6) is -4.03. The molecule has 2 aromatic carbocycles. The zero-order chi connectivity index (χ0) is 53.9. The highest BCUT2D eigenvalue weighted by atomic mass is 16.6. The van der Waals surface area contributed by atoms with E-state index in [1.807, 2.05) is 12.1 Å². The van der Waals surface area contributed by atoms with Crippen LogP contribution in [0.25, 0.3) is 11.1 Å². The van der Waals surface area contributed by atoms with Gasteiger partial charge in [0.1, 0.15) is 48.0 Å². The fraction of sp³-hybridized carbons (Fsp3) is 0.604. The normalized spacial score (nSPS) is 16.7. The number of nitrogens with one attached hydrogen (secondary N) is 6. The third-order valence-corrected chi connectivity index (χ3v) is 12.1. The second-order valence-electron chi connectivity index (χ2n) is 20.6. The van der Waals surface area contributed by atoms with Gasteiger partial charge in [0, 0.05) is 25.2 Å². The smallest absolute Gasteiger partial charge is 0.407 e. The number of β-lactam (4-membered cyclic amide) rings is 1. The monoisotopic (exact) mass is 1020 g/mol. The van der Waals surface area contributed by atoms with Crippen LogP contribution in [0.4, 0.5) is 9.59 Å². The van der Waals surface area contributed by atoms with Crippen molar-refractivity contribution >= 4 is 53.6 Å². The van der Waals surface area contributed by atoms with Crippen LogP contribution in [-0.2, 0) is 49.4 Å². The molecule has 2 aliphatic rings. The number of carbonyl (C=O) groups excluding carboxylic acids is 9. The lowest BCUT2D eigenvalue weighted by molar-refractivity contribution is -0.155. The molecule has 2 saturated heterocycles. The number of amides is 8. The molecule has 402 valence electrons. The Kier molecular flexibility index (Phi) is 22.5. The Hall–Kier alpha value is -6.73. The van der Waals surface area contributed by atoms with E-state index in [1.165, 1.54) is 29.4 Å². The van der Waals surface area contributed by atoms with E-state index in [1.54, 1.807) is 53.7 Å². The maximum absolute atomic E-state index is 14.4. The molecule has 6 N–H and O–H groups in total. The highest BCUT2D eigenvalue weighted by Gasteiger charge is 2.41. The number of aryl methyl sites for hydroxylation is 1. The Morgan fingerprint density at radius 3 is 1.81 bits per heavy atom. The molecule has 73 heavy (non-hydrogen) atoms. The summed E-state index contributed by atoms with van der Waals surface area (Å²) < 4.78 is 15.2. The van der Waals surface area contributed by atoms with E-state index in [9.17, 15) is 43.2 Å². The Morgan fingerprint density at radius 2 is 1.27 bits per heavy atom. The number of nitrogens with zero attached hydrogens (tertiary/aromatic N) is 2. The van der Waals surface area contributed by atoms with E-state index in [2.05, 4.69) is 67.8 Å². The molecule has 20 nitrogen and oxygen atoms in total. The predicted molar refractivity (Wildman–Crippen MR) is 273 cm³/mol. The van der Waals surface area contributed by atoms with Gasteiger partial charge >= 0.3 is 18.2 Å². The summed E-state index contributed by atoms with van der Waals surface area (Å²) in [6.07, 6.45) is 4.79. The number of ether oxygens (including phenoxy) is 3. The largest absolute Gasteiger partial charge is 0.468 e. The van der Waals surface area contributed by atoms with Crippen LogP contribution >= 0.6 is 0 Å². The average Bonchev–Trinajstić information content (AvgIpc) is 3.83. The van der Waals surface area contributed by atoms with Gasteiger partial charge in [-0.1, -0.05) is 49.7 Å². The molecule has 2 heterocycles. The van der Waals surface area contributed by atoms with Crippen LogP contribution in [0.1, 0.15) is 136 Å². The van der Waals surface area contributed by atoms with Crippen LogP contribution < -0.4 is 31.9 Å². The van der Waals surface area contributed by atoms with Crippen molar-refractivity contribution in [2.24, 2.45) is 0 Å². The van der Waals surface area contributed by atoms with Gasteiger partial charge in [-0.2, -0.15) is 0 Å². The van der Waals surface area contributed by atoms with Gasteiger partial charge in [-0.25, -0.2) is 9.59 Å². The molecule has 5 atom stereocenters. The van der Waals surface area contributed by atoms with Crippen molar-refractivity contribution in [3.05, 3.63) is 59.7 Å². The highest BCUT2D eigenvalue weighted by molar-refractivity contribution is 6.00. The minimum absolute atomic E-state index is 0.0564. The molecule has 0 spiro atoms. The van der Waals surface area contributed by atoms with Crippen LogP contribution in [-0.4, -0.2) is 145 Å². The topological polar surface area (TPSA) is 260 Å². The van der Waals surface area contributed by atoms with Gasteiger partial charge in [-0.05, 0) is 141 Å². The highest BCUT2D eigenvalue weighted by Crippen LogP contribution is 2.23. The molecule has 8 amide bonds. The number of hydrogen-bond donors (Lipinski definition) is 6. The first-order chi connectivity index (χ1) is 34.5. The summed E-state index contributed by atoms with van der Waals surface area (Å²) in [7, 11) is 1.20. The summed E-state index contributed by atoms with van der Waals surface area (Å²) in [6.45, 7) is 14.6. The molecule has 0 aromatic heterocycles. The van der Waals surface area contributed by atoms with E-state index in [0.717, 1.165) is 30.4 Å². The first kappa shape index (κ1) is 58.8. The van der Waals surface area contributed by atoms with Gasteiger partial charge in [-0.3, -0.25) is 33.6 Å². The van der Waals surface area contributed by atoms with Crippen molar-refractivity contribution in [2.75, 3.05) is 39.8 Å². The Balaban J connectivity index is 1.42. The molecule has 20 heteroatoms. The molecule has 0 unspecified atom stereocenters. The standard InChI is InChI=1S/C53H78N8O12/c1-10-11-17-35-21-23-36(24-22-35)37-25-27-38(28-26-37)45(64)58-40(19-13-15-30-55-51(70)73-53(6,7)8)49(68)61-31-16-20-42(61)47(66)56-34(2)44(63)57-39(18-12-14-29-54-50(69)72-52(3,4)5)46(65)59-41-32-60(48(41)67)33-43(62)71-9/h21-28,34,39-42H,10-20,29-33H2,1-9H3,(H,54,69)(H,55,70)(H,56,66)(H,57,63)(H,58,64)(H,59,65)/t34-,39-,40-,41+,42-/m0/s1. The lowest BCUT2D eigenvalue weighted by Crippen LogP contribution is -2.66. The molecule has 0 bridgehead atoms.